The van der Waals surface area contributed by atoms with E-state index in [9.17, 15) is 4.39 Å². The number of halogens is 1. The monoisotopic (exact) mass is 265 g/mol. The van der Waals surface area contributed by atoms with E-state index in [-0.39, 0.29) is 5.82 Å². The molecule has 0 atom stereocenters. The summed E-state index contributed by atoms with van der Waals surface area (Å²) in [6.07, 6.45) is 2.71. The SMILES string of the molecule is C=C(C)CN(CC)c1nccc(CNCCC)c1F. The summed E-state index contributed by atoms with van der Waals surface area (Å²) in [7, 11) is 0. The molecule has 0 fully saturated rings. The van der Waals surface area contributed by atoms with Gasteiger partial charge < -0.3 is 10.2 Å². The molecule has 0 radical (unpaired) electrons. The first-order chi connectivity index (χ1) is 9.10. The molecule has 0 amide bonds. The van der Waals surface area contributed by atoms with Gasteiger partial charge >= 0.3 is 0 Å². The Hall–Kier alpha value is -1.42. The van der Waals surface area contributed by atoms with Gasteiger partial charge in [-0.05, 0) is 32.9 Å². The maximum Gasteiger partial charge on any atom is 0.170 e. The van der Waals surface area contributed by atoms with Crippen LogP contribution in [0.15, 0.2) is 24.4 Å². The number of aromatic nitrogens is 1. The maximum absolute atomic E-state index is 14.4. The van der Waals surface area contributed by atoms with Crippen LogP contribution in [-0.4, -0.2) is 24.6 Å². The minimum atomic E-state index is -0.228. The lowest BCUT2D eigenvalue weighted by atomic mass is 10.2. The summed E-state index contributed by atoms with van der Waals surface area (Å²) in [5.41, 5.74) is 1.66. The second kappa shape index (κ2) is 7.89. The van der Waals surface area contributed by atoms with E-state index in [2.05, 4.69) is 23.8 Å². The van der Waals surface area contributed by atoms with Gasteiger partial charge in [-0.15, -0.1) is 0 Å². The number of likely N-dealkylation sites (N-methyl/N-ethyl adjacent to an activating group) is 1. The van der Waals surface area contributed by atoms with Gasteiger partial charge in [-0.3, -0.25) is 0 Å². The Kier molecular flexibility index (Phi) is 6.50. The van der Waals surface area contributed by atoms with E-state index < -0.39 is 0 Å². The summed E-state index contributed by atoms with van der Waals surface area (Å²) >= 11 is 0. The van der Waals surface area contributed by atoms with E-state index in [0.29, 0.717) is 31.0 Å². The molecule has 19 heavy (non-hydrogen) atoms. The summed E-state index contributed by atoms with van der Waals surface area (Å²) in [6, 6.07) is 1.73. The molecule has 1 heterocycles. The first-order valence-corrected chi connectivity index (χ1v) is 6.83. The zero-order valence-corrected chi connectivity index (χ0v) is 12.2. The van der Waals surface area contributed by atoms with Crippen LogP contribution in [0.4, 0.5) is 10.2 Å². The predicted octanol–water partition coefficient (Wildman–Crippen LogP) is 3.12. The van der Waals surface area contributed by atoms with Crippen LogP contribution in [-0.2, 0) is 6.54 Å². The Morgan fingerprint density at radius 1 is 1.47 bits per heavy atom. The highest BCUT2D eigenvalue weighted by molar-refractivity contribution is 5.44. The molecule has 0 aliphatic rings. The molecule has 1 aromatic rings. The molecule has 0 saturated heterocycles. The average Bonchev–Trinajstić information content (AvgIpc) is 2.38. The number of hydrogen-bond donors (Lipinski definition) is 1. The topological polar surface area (TPSA) is 28.2 Å². The second-order valence-electron chi connectivity index (χ2n) is 4.76. The van der Waals surface area contributed by atoms with Gasteiger partial charge in [0.1, 0.15) is 0 Å². The molecule has 0 aromatic carbocycles. The highest BCUT2D eigenvalue weighted by Crippen LogP contribution is 2.20. The van der Waals surface area contributed by atoms with Gasteiger partial charge in [-0.1, -0.05) is 19.1 Å². The maximum atomic E-state index is 14.4. The molecule has 0 saturated carbocycles. The van der Waals surface area contributed by atoms with Crippen LogP contribution in [0.1, 0.15) is 32.8 Å². The number of nitrogens with one attached hydrogen (secondary N) is 1. The van der Waals surface area contributed by atoms with Crippen molar-refractivity contribution in [2.45, 2.75) is 33.7 Å². The van der Waals surface area contributed by atoms with E-state index in [0.717, 1.165) is 18.5 Å². The van der Waals surface area contributed by atoms with E-state index in [1.165, 1.54) is 0 Å². The molecular weight excluding hydrogens is 241 g/mol. The third-order valence-corrected chi connectivity index (χ3v) is 2.84. The van der Waals surface area contributed by atoms with E-state index in [4.69, 9.17) is 0 Å². The fourth-order valence-electron chi connectivity index (χ4n) is 1.89. The fourth-order valence-corrected chi connectivity index (χ4v) is 1.89. The van der Waals surface area contributed by atoms with Crippen molar-refractivity contribution in [3.8, 4) is 0 Å². The molecule has 1 N–H and O–H groups in total. The summed E-state index contributed by atoms with van der Waals surface area (Å²) in [5.74, 6) is 0.190. The van der Waals surface area contributed by atoms with Crippen molar-refractivity contribution in [2.75, 3.05) is 24.5 Å². The Morgan fingerprint density at radius 2 is 2.21 bits per heavy atom. The molecular formula is C15H24FN3. The zero-order chi connectivity index (χ0) is 14.3. The molecule has 0 unspecified atom stereocenters. The lowest BCUT2D eigenvalue weighted by Gasteiger charge is -2.23. The third kappa shape index (κ3) is 4.63. The number of pyridine rings is 1. The van der Waals surface area contributed by atoms with Crippen molar-refractivity contribution in [1.29, 1.82) is 0 Å². The van der Waals surface area contributed by atoms with Crippen LogP contribution in [0.5, 0.6) is 0 Å². The molecule has 0 bridgehead atoms. The lowest BCUT2D eigenvalue weighted by Crippen LogP contribution is -2.27. The molecule has 0 aliphatic heterocycles. The van der Waals surface area contributed by atoms with E-state index >= 15 is 0 Å². The smallest absolute Gasteiger partial charge is 0.170 e. The molecule has 4 heteroatoms. The van der Waals surface area contributed by atoms with Crippen LogP contribution < -0.4 is 10.2 Å². The van der Waals surface area contributed by atoms with Gasteiger partial charge in [0, 0.05) is 31.4 Å². The van der Waals surface area contributed by atoms with E-state index in [1.807, 2.05) is 18.7 Å². The van der Waals surface area contributed by atoms with Gasteiger partial charge in [0.05, 0.1) is 0 Å². The van der Waals surface area contributed by atoms with E-state index in [1.54, 1.807) is 12.3 Å². The zero-order valence-electron chi connectivity index (χ0n) is 12.2. The molecule has 0 spiro atoms. The van der Waals surface area contributed by atoms with Crippen molar-refractivity contribution in [1.82, 2.24) is 10.3 Å². The van der Waals surface area contributed by atoms with Gasteiger partial charge in [0.15, 0.2) is 11.6 Å². The van der Waals surface area contributed by atoms with Crippen molar-refractivity contribution in [2.24, 2.45) is 0 Å². The van der Waals surface area contributed by atoms with Crippen LogP contribution in [0.3, 0.4) is 0 Å². The summed E-state index contributed by atoms with van der Waals surface area (Å²) < 4.78 is 14.4. The van der Waals surface area contributed by atoms with Crippen molar-refractivity contribution >= 4 is 5.82 Å². The highest BCUT2D eigenvalue weighted by Gasteiger charge is 2.14. The summed E-state index contributed by atoms with van der Waals surface area (Å²) in [6.45, 7) is 12.7. The number of hydrogen-bond acceptors (Lipinski definition) is 3. The molecule has 0 aliphatic carbocycles. The van der Waals surface area contributed by atoms with Gasteiger partial charge in [0.25, 0.3) is 0 Å². The quantitative estimate of drug-likeness (QED) is 0.578. The molecule has 3 nitrogen and oxygen atoms in total. The Morgan fingerprint density at radius 3 is 2.79 bits per heavy atom. The van der Waals surface area contributed by atoms with Gasteiger partial charge in [0.2, 0.25) is 0 Å². The van der Waals surface area contributed by atoms with Crippen LogP contribution in [0.2, 0.25) is 0 Å². The largest absolute Gasteiger partial charge is 0.350 e. The second-order valence-corrected chi connectivity index (χ2v) is 4.76. The normalized spacial score (nSPS) is 10.5. The van der Waals surface area contributed by atoms with Crippen molar-refractivity contribution in [3.63, 3.8) is 0 Å². The first-order valence-electron chi connectivity index (χ1n) is 6.83. The van der Waals surface area contributed by atoms with Gasteiger partial charge in [-0.25, -0.2) is 9.37 Å². The Bertz CT molecular complexity index is 418. The van der Waals surface area contributed by atoms with Crippen molar-refractivity contribution < 1.29 is 4.39 Å². The number of nitrogens with zero attached hydrogens (tertiary/aromatic N) is 2. The highest BCUT2D eigenvalue weighted by atomic mass is 19.1. The minimum absolute atomic E-state index is 0.228. The van der Waals surface area contributed by atoms with Crippen LogP contribution in [0, 0.1) is 5.82 Å². The lowest BCUT2D eigenvalue weighted by molar-refractivity contribution is 0.576. The number of anilines is 1. The fraction of sp³-hybridized carbons (Fsp3) is 0.533. The molecule has 1 rings (SSSR count). The van der Waals surface area contributed by atoms with Crippen LogP contribution >= 0.6 is 0 Å². The standard InChI is InChI=1S/C15H24FN3/c1-5-8-17-10-13-7-9-18-15(14(13)16)19(6-2)11-12(3)4/h7,9,17H,3,5-6,8,10-11H2,1-2,4H3. The summed E-state index contributed by atoms with van der Waals surface area (Å²) in [5, 5.41) is 3.21. The minimum Gasteiger partial charge on any atom is -0.350 e. The summed E-state index contributed by atoms with van der Waals surface area (Å²) in [4.78, 5) is 6.08. The molecule has 106 valence electrons. The Labute approximate surface area is 115 Å². The molecule has 1 aromatic heterocycles. The van der Waals surface area contributed by atoms with Crippen molar-refractivity contribution in [3.05, 3.63) is 35.8 Å². The average molecular weight is 265 g/mol. The number of rotatable bonds is 8. The first kappa shape index (κ1) is 15.6. The predicted molar refractivity (Wildman–Crippen MR) is 78.9 cm³/mol. The third-order valence-electron chi connectivity index (χ3n) is 2.84. The Balaban J connectivity index is 2.88. The van der Waals surface area contributed by atoms with Crippen LogP contribution in [0.25, 0.3) is 0 Å². The van der Waals surface area contributed by atoms with Gasteiger partial charge in [-0.2, -0.15) is 0 Å².